The maximum absolute atomic E-state index is 11.7. The third-order valence-corrected chi connectivity index (χ3v) is 2.66. The van der Waals surface area contributed by atoms with Crippen molar-refractivity contribution in [1.29, 1.82) is 5.26 Å². The van der Waals surface area contributed by atoms with Gasteiger partial charge >= 0.3 is 0 Å². The molecule has 18 heavy (non-hydrogen) atoms. The van der Waals surface area contributed by atoms with Crippen molar-refractivity contribution in [2.75, 3.05) is 7.11 Å². The largest absolute Gasteiger partial charge is 0.497 e. The molecule has 0 spiro atoms. The number of pyridine rings is 1. The fraction of sp³-hybridized carbons (Fsp3) is 0.143. The standard InChI is InChI=1S/C14H12N2O2/c1-18-12-5-2-10(3-6-12)13-7-4-11(8-9-15)14(17)16-13/h2-7H,8H2,1H3,(H,16,17). The van der Waals surface area contributed by atoms with Crippen LogP contribution in [0.4, 0.5) is 0 Å². The van der Waals surface area contributed by atoms with E-state index in [0.717, 1.165) is 17.0 Å². The van der Waals surface area contributed by atoms with E-state index in [-0.39, 0.29) is 12.0 Å². The molecule has 0 radical (unpaired) electrons. The van der Waals surface area contributed by atoms with Crippen molar-refractivity contribution >= 4 is 0 Å². The third kappa shape index (κ3) is 2.41. The number of nitriles is 1. The summed E-state index contributed by atoms with van der Waals surface area (Å²) < 4.78 is 5.07. The molecule has 2 aromatic rings. The first-order chi connectivity index (χ1) is 8.74. The van der Waals surface area contributed by atoms with Crippen molar-refractivity contribution in [3.8, 4) is 23.1 Å². The van der Waals surface area contributed by atoms with Gasteiger partial charge < -0.3 is 9.72 Å². The highest BCUT2D eigenvalue weighted by molar-refractivity contribution is 5.60. The lowest BCUT2D eigenvalue weighted by Crippen LogP contribution is -2.12. The third-order valence-electron chi connectivity index (χ3n) is 2.66. The summed E-state index contributed by atoms with van der Waals surface area (Å²) >= 11 is 0. The lowest BCUT2D eigenvalue weighted by molar-refractivity contribution is 0.415. The molecule has 0 saturated heterocycles. The van der Waals surface area contributed by atoms with E-state index in [0.29, 0.717) is 5.56 Å². The zero-order valence-electron chi connectivity index (χ0n) is 9.93. The molecule has 0 amide bonds. The zero-order chi connectivity index (χ0) is 13.0. The van der Waals surface area contributed by atoms with Crippen molar-refractivity contribution in [2.24, 2.45) is 0 Å². The second-order valence-electron chi connectivity index (χ2n) is 3.79. The minimum Gasteiger partial charge on any atom is -0.497 e. The smallest absolute Gasteiger partial charge is 0.252 e. The van der Waals surface area contributed by atoms with E-state index in [1.165, 1.54) is 0 Å². The van der Waals surface area contributed by atoms with Gasteiger partial charge in [0.15, 0.2) is 0 Å². The Balaban J connectivity index is 2.36. The van der Waals surface area contributed by atoms with Crippen molar-refractivity contribution in [1.82, 2.24) is 4.98 Å². The zero-order valence-corrected chi connectivity index (χ0v) is 9.93. The first-order valence-electron chi connectivity index (χ1n) is 5.48. The van der Waals surface area contributed by atoms with Crippen molar-refractivity contribution in [2.45, 2.75) is 6.42 Å². The number of H-pyrrole nitrogens is 1. The quantitative estimate of drug-likeness (QED) is 0.893. The van der Waals surface area contributed by atoms with Crippen LogP contribution in [0.2, 0.25) is 0 Å². The van der Waals surface area contributed by atoms with E-state index >= 15 is 0 Å². The van der Waals surface area contributed by atoms with E-state index in [1.54, 1.807) is 19.2 Å². The Bertz CT molecular complexity index is 636. The maximum atomic E-state index is 11.7. The molecule has 0 aliphatic rings. The molecule has 0 unspecified atom stereocenters. The molecule has 4 nitrogen and oxygen atoms in total. The van der Waals surface area contributed by atoms with Crippen LogP contribution < -0.4 is 10.3 Å². The van der Waals surface area contributed by atoms with Gasteiger partial charge in [0.1, 0.15) is 5.75 Å². The van der Waals surface area contributed by atoms with Gasteiger partial charge in [0.05, 0.1) is 19.6 Å². The summed E-state index contributed by atoms with van der Waals surface area (Å²) in [6.45, 7) is 0. The molecule has 0 aliphatic heterocycles. The summed E-state index contributed by atoms with van der Waals surface area (Å²) in [6, 6.07) is 12.8. The molecule has 4 heteroatoms. The Labute approximate surface area is 104 Å². The lowest BCUT2D eigenvalue weighted by atomic mass is 10.1. The van der Waals surface area contributed by atoms with Gasteiger partial charge in [0, 0.05) is 11.3 Å². The highest BCUT2D eigenvalue weighted by Gasteiger charge is 2.03. The summed E-state index contributed by atoms with van der Waals surface area (Å²) in [5.41, 5.74) is 1.89. The van der Waals surface area contributed by atoms with Crippen LogP contribution in [-0.2, 0) is 6.42 Å². The monoisotopic (exact) mass is 240 g/mol. The molecule has 1 N–H and O–H groups in total. The van der Waals surface area contributed by atoms with Crippen LogP contribution in [0.15, 0.2) is 41.2 Å². The molecule has 1 aromatic heterocycles. The summed E-state index contributed by atoms with van der Waals surface area (Å²) in [5, 5.41) is 8.57. The van der Waals surface area contributed by atoms with Gasteiger partial charge in [0.25, 0.3) is 5.56 Å². The Kier molecular flexibility index (Phi) is 3.44. The van der Waals surface area contributed by atoms with Gasteiger partial charge in [-0.25, -0.2) is 0 Å². The number of methoxy groups -OCH3 is 1. The highest BCUT2D eigenvalue weighted by Crippen LogP contribution is 2.19. The van der Waals surface area contributed by atoms with Crippen molar-refractivity contribution in [3.63, 3.8) is 0 Å². The van der Waals surface area contributed by atoms with Crippen molar-refractivity contribution < 1.29 is 4.74 Å². The number of nitrogens with one attached hydrogen (secondary N) is 1. The van der Waals surface area contributed by atoms with E-state index in [1.807, 2.05) is 30.3 Å². The fourth-order valence-corrected chi connectivity index (χ4v) is 1.67. The molecule has 0 fully saturated rings. The number of hydrogen-bond donors (Lipinski definition) is 1. The second kappa shape index (κ2) is 5.19. The Hall–Kier alpha value is -2.54. The van der Waals surface area contributed by atoms with Gasteiger partial charge in [-0.2, -0.15) is 5.26 Å². The van der Waals surface area contributed by atoms with E-state index < -0.39 is 0 Å². The van der Waals surface area contributed by atoms with Gasteiger partial charge in [-0.1, -0.05) is 6.07 Å². The molecule has 1 aromatic carbocycles. The molecule has 0 aliphatic carbocycles. The molecule has 0 bridgehead atoms. The number of nitrogens with zero attached hydrogens (tertiary/aromatic N) is 1. The number of aromatic amines is 1. The number of aromatic nitrogens is 1. The molecule has 0 atom stereocenters. The fourth-order valence-electron chi connectivity index (χ4n) is 1.67. The second-order valence-corrected chi connectivity index (χ2v) is 3.79. The first-order valence-corrected chi connectivity index (χ1v) is 5.48. The van der Waals surface area contributed by atoms with E-state index in [4.69, 9.17) is 10.00 Å². The molecule has 90 valence electrons. The Morgan fingerprint density at radius 1 is 1.22 bits per heavy atom. The van der Waals surface area contributed by atoms with E-state index in [2.05, 4.69) is 4.98 Å². The van der Waals surface area contributed by atoms with Crippen LogP contribution in [0.3, 0.4) is 0 Å². The predicted octanol–water partition coefficient (Wildman–Crippen LogP) is 2.12. The van der Waals surface area contributed by atoms with Crippen LogP contribution in [0.5, 0.6) is 5.75 Å². The summed E-state index contributed by atoms with van der Waals surface area (Å²) in [7, 11) is 1.60. The van der Waals surface area contributed by atoms with Gasteiger partial charge in [0.2, 0.25) is 0 Å². The van der Waals surface area contributed by atoms with E-state index in [9.17, 15) is 4.79 Å². The molecular weight excluding hydrogens is 228 g/mol. The number of benzene rings is 1. The van der Waals surface area contributed by atoms with Crippen LogP contribution >= 0.6 is 0 Å². The Morgan fingerprint density at radius 3 is 2.50 bits per heavy atom. The minimum atomic E-state index is -0.218. The topological polar surface area (TPSA) is 65.9 Å². The number of rotatable bonds is 3. The molecule has 2 rings (SSSR count). The number of ether oxygens (including phenoxy) is 1. The van der Waals surface area contributed by atoms with Crippen LogP contribution in [0.25, 0.3) is 11.3 Å². The average Bonchev–Trinajstić information content (AvgIpc) is 2.41. The van der Waals surface area contributed by atoms with Crippen molar-refractivity contribution in [3.05, 3.63) is 52.3 Å². The predicted molar refractivity (Wildman–Crippen MR) is 68.4 cm³/mol. The summed E-state index contributed by atoms with van der Waals surface area (Å²) in [4.78, 5) is 14.5. The minimum absolute atomic E-state index is 0.123. The Morgan fingerprint density at radius 2 is 1.94 bits per heavy atom. The maximum Gasteiger partial charge on any atom is 0.252 e. The SMILES string of the molecule is COc1ccc(-c2ccc(CC#N)c(=O)[nH]2)cc1. The first kappa shape index (κ1) is 11.9. The van der Waals surface area contributed by atoms with Gasteiger partial charge in [-0.15, -0.1) is 0 Å². The van der Waals surface area contributed by atoms with Crippen LogP contribution in [0, 0.1) is 11.3 Å². The molecule has 0 saturated carbocycles. The van der Waals surface area contributed by atoms with Gasteiger partial charge in [-0.05, 0) is 35.9 Å². The van der Waals surface area contributed by atoms with Gasteiger partial charge in [-0.3, -0.25) is 4.79 Å². The average molecular weight is 240 g/mol. The molecule has 1 heterocycles. The molecular formula is C14H12N2O2. The normalized spacial score (nSPS) is 9.78. The summed E-state index contributed by atoms with van der Waals surface area (Å²) in [6.07, 6.45) is 0.123. The van der Waals surface area contributed by atoms with Crippen LogP contribution in [-0.4, -0.2) is 12.1 Å². The lowest BCUT2D eigenvalue weighted by Gasteiger charge is -2.04. The highest BCUT2D eigenvalue weighted by atomic mass is 16.5. The van der Waals surface area contributed by atoms with Crippen LogP contribution in [0.1, 0.15) is 5.56 Å². The number of hydrogen-bond acceptors (Lipinski definition) is 3. The summed E-state index contributed by atoms with van der Waals surface area (Å²) in [5.74, 6) is 0.766.